The lowest BCUT2D eigenvalue weighted by molar-refractivity contribution is -0.152. The fraction of sp³-hybridized carbons (Fsp3) is 0.667. The Labute approximate surface area is 261 Å². The molecule has 44 heavy (non-hydrogen) atoms. The summed E-state index contributed by atoms with van der Waals surface area (Å²) in [5, 5.41) is 16.9. The Kier molecular flexibility index (Phi) is 9.00. The molecule has 2 N–H and O–H groups in total. The predicted octanol–water partition coefficient (Wildman–Crippen LogP) is 1.55. The van der Waals surface area contributed by atoms with Gasteiger partial charge in [0, 0.05) is 56.4 Å². The second-order valence-corrected chi connectivity index (χ2v) is 13.3. The Balaban J connectivity index is 1.27. The van der Waals surface area contributed by atoms with E-state index < -0.39 is 11.8 Å². The third-order valence-electron chi connectivity index (χ3n) is 10.9. The van der Waals surface area contributed by atoms with Crippen molar-refractivity contribution >= 4 is 17.4 Å². The monoisotopic (exact) mass is 605 g/mol. The first-order valence-corrected chi connectivity index (χ1v) is 16.1. The molecule has 1 aromatic carbocycles. The van der Waals surface area contributed by atoms with Crippen molar-refractivity contribution in [1.29, 1.82) is 5.26 Å². The molecule has 0 bridgehead atoms. The lowest BCUT2D eigenvalue weighted by Crippen LogP contribution is -2.75. The summed E-state index contributed by atoms with van der Waals surface area (Å²) in [7, 11) is 5.90. The fourth-order valence-electron chi connectivity index (χ4n) is 8.52. The molecule has 0 radical (unpaired) electrons. The van der Waals surface area contributed by atoms with Gasteiger partial charge in [-0.25, -0.2) is 0 Å². The summed E-state index contributed by atoms with van der Waals surface area (Å²) in [6.45, 7) is 7.69. The number of hydrogen-bond donors (Lipinski definition) is 2. The van der Waals surface area contributed by atoms with Gasteiger partial charge in [0.05, 0.1) is 49.9 Å². The van der Waals surface area contributed by atoms with E-state index in [1.807, 2.05) is 12.1 Å². The van der Waals surface area contributed by atoms with E-state index in [2.05, 4.69) is 58.1 Å². The number of nitrogens with one attached hydrogen (secondary N) is 2. The van der Waals surface area contributed by atoms with Crippen LogP contribution >= 0.6 is 0 Å². The largest absolute Gasteiger partial charge is 0.496 e. The van der Waals surface area contributed by atoms with E-state index in [1.54, 1.807) is 12.0 Å². The topological polar surface area (TPSA) is 113 Å². The van der Waals surface area contributed by atoms with Crippen LogP contribution in [0.15, 0.2) is 30.9 Å². The number of carbonyl (C=O) groups excluding carboxylic acids is 2. The van der Waals surface area contributed by atoms with Gasteiger partial charge in [0.15, 0.2) is 12.1 Å². The first-order valence-electron chi connectivity index (χ1n) is 16.1. The number of ether oxygens (including phenoxy) is 2. The van der Waals surface area contributed by atoms with Gasteiger partial charge in [0.2, 0.25) is 5.91 Å². The average Bonchev–Trinajstić information content (AvgIpc) is 3.45. The number of carbonyl (C=O) groups is 2. The van der Waals surface area contributed by atoms with Gasteiger partial charge in [-0.3, -0.25) is 25.1 Å². The first kappa shape index (κ1) is 31.0. The van der Waals surface area contributed by atoms with E-state index >= 15 is 0 Å². The van der Waals surface area contributed by atoms with Crippen LogP contribution in [0.4, 0.5) is 5.69 Å². The highest BCUT2D eigenvalue weighted by Gasteiger charge is 2.56. The van der Waals surface area contributed by atoms with Gasteiger partial charge in [-0.05, 0) is 63.9 Å². The number of hydrogen-bond acceptors (Lipinski definition) is 10. The third kappa shape index (κ3) is 5.63. The summed E-state index contributed by atoms with van der Waals surface area (Å²) in [4.78, 5) is 36.0. The van der Waals surface area contributed by atoms with Crippen LogP contribution in [0.2, 0.25) is 0 Å². The zero-order chi connectivity index (χ0) is 31.0. The second-order valence-electron chi connectivity index (χ2n) is 13.3. The molecule has 1 aliphatic carbocycles. The van der Waals surface area contributed by atoms with E-state index in [1.165, 1.54) is 6.08 Å². The van der Waals surface area contributed by atoms with Crippen molar-refractivity contribution in [3.05, 3.63) is 36.4 Å². The van der Waals surface area contributed by atoms with Crippen molar-refractivity contribution in [3.63, 3.8) is 0 Å². The predicted molar refractivity (Wildman–Crippen MR) is 167 cm³/mol. The molecule has 1 saturated carbocycles. The summed E-state index contributed by atoms with van der Waals surface area (Å²) >= 11 is 0. The molecule has 4 aliphatic heterocycles. The number of rotatable bonds is 7. The molecule has 5 aliphatic rings. The fourth-order valence-corrected chi connectivity index (χ4v) is 8.52. The lowest BCUT2D eigenvalue weighted by Gasteiger charge is -2.56. The zero-order valence-electron chi connectivity index (χ0n) is 26.3. The second kappa shape index (κ2) is 12.8. The highest BCUT2D eigenvalue weighted by molar-refractivity contribution is 5.93. The third-order valence-corrected chi connectivity index (χ3v) is 10.9. The summed E-state index contributed by atoms with van der Waals surface area (Å²) in [5.74, 6) is 0.951. The number of likely N-dealkylation sites (tertiary alicyclic amines) is 1. The van der Waals surface area contributed by atoms with Crippen LogP contribution in [0.5, 0.6) is 5.75 Å². The molecular formula is C33H47N7O4. The van der Waals surface area contributed by atoms with Gasteiger partial charge in [0.1, 0.15) is 5.75 Å². The smallest absolute Gasteiger partial charge is 0.246 e. The molecule has 1 spiro atoms. The number of Topliss-reactive ketones (excluding diaryl/α,β-unsaturated/α-hetero) is 1. The molecule has 1 aromatic rings. The number of piperazine rings is 1. The van der Waals surface area contributed by atoms with E-state index in [9.17, 15) is 14.9 Å². The maximum Gasteiger partial charge on any atom is 0.246 e. The van der Waals surface area contributed by atoms with Crippen LogP contribution in [0.1, 0.15) is 37.7 Å². The molecule has 4 fully saturated rings. The highest BCUT2D eigenvalue weighted by atomic mass is 16.5. The highest BCUT2D eigenvalue weighted by Crippen LogP contribution is 2.48. The number of ketones is 1. The van der Waals surface area contributed by atoms with Crippen molar-refractivity contribution in [3.8, 4) is 11.8 Å². The normalized spacial score (nSPS) is 34.4. The number of fused-ring (bicyclic) bond motifs is 2. The standard InChI is InChI=1S/C33H47N7O4/c1-5-28(41)40-17-16-39(19-22(40)12-14-34)31-24-11-13-33(18-25-26(38(3)21-33)9-6-10-27(25)43-4)30(42)29(24)35-32(36-31)44-20-23-8-7-15-37(23)2/h5-6,9-10,22-24,29,31-32,35-36H,1,7-8,11-13,15-21H2,2-4H3/t22?,23?,24?,29?,31?,32?,33-/m0/s1. The van der Waals surface area contributed by atoms with Crippen molar-refractivity contribution in [2.75, 3.05) is 65.4 Å². The van der Waals surface area contributed by atoms with Crippen LogP contribution in [0.3, 0.4) is 0 Å². The molecule has 0 aromatic heterocycles. The Morgan fingerprint density at radius 2 is 2.05 bits per heavy atom. The summed E-state index contributed by atoms with van der Waals surface area (Å²) in [5.41, 5.74) is 1.69. The van der Waals surface area contributed by atoms with Crippen LogP contribution in [-0.4, -0.2) is 118 Å². The quantitative estimate of drug-likeness (QED) is 0.444. The number of nitrogens with zero attached hydrogens (tertiary/aromatic N) is 5. The molecule has 6 unspecified atom stereocenters. The van der Waals surface area contributed by atoms with E-state index in [0.29, 0.717) is 45.2 Å². The van der Waals surface area contributed by atoms with Gasteiger partial charge < -0.3 is 24.2 Å². The van der Waals surface area contributed by atoms with Crippen molar-refractivity contribution in [1.82, 2.24) is 25.3 Å². The maximum absolute atomic E-state index is 14.8. The average molecular weight is 606 g/mol. The summed E-state index contributed by atoms with van der Waals surface area (Å²) in [6, 6.07) is 8.11. The molecule has 4 heterocycles. The number of amides is 1. The minimum absolute atomic E-state index is 0.0240. The van der Waals surface area contributed by atoms with Gasteiger partial charge >= 0.3 is 0 Å². The van der Waals surface area contributed by atoms with Gasteiger partial charge in [0.25, 0.3) is 0 Å². The molecule has 1 amide bonds. The molecule has 3 saturated heterocycles. The summed E-state index contributed by atoms with van der Waals surface area (Å²) < 4.78 is 12.2. The molecule has 11 nitrogen and oxygen atoms in total. The molecular weight excluding hydrogens is 558 g/mol. The molecule has 238 valence electrons. The van der Waals surface area contributed by atoms with E-state index in [-0.39, 0.29) is 42.3 Å². The number of nitriles is 1. The van der Waals surface area contributed by atoms with Crippen LogP contribution < -0.4 is 20.3 Å². The Bertz CT molecular complexity index is 1300. The van der Waals surface area contributed by atoms with Crippen molar-refractivity contribution < 1.29 is 19.1 Å². The van der Waals surface area contributed by atoms with Crippen LogP contribution in [0, 0.1) is 22.7 Å². The number of likely N-dealkylation sites (N-methyl/N-ethyl adjacent to an activating group) is 1. The zero-order valence-corrected chi connectivity index (χ0v) is 26.3. The molecule has 6 rings (SSSR count). The van der Waals surface area contributed by atoms with E-state index in [4.69, 9.17) is 9.47 Å². The minimum atomic E-state index is -0.527. The lowest BCUT2D eigenvalue weighted by atomic mass is 9.61. The van der Waals surface area contributed by atoms with Crippen LogP contribution in [-0.2, 0) is 20.7 Å². The van der Waals surface area contributed by atoms with Crippen LogP contribution in [0.25, 0.3) is 0 Å². The van der Waals surface area contributed by atoms with E-state index in [0.717, 1.165) is 49.2 Å². The molecule has 7 atom stereocenters. The van der Waals surface area contributed by atoms with Gasteiger partial charge in [-0.2, -0.15) is 5.26 Å². The number of benzene rings is 1. The maximum atomic E-state index is 14.8. The number of methoxy groups -OCH3 is 1. The first-order chi connectivity index (χ1) is 21.3. The Morgan fingerprint density at radius 1 is 1.20 bits per heavy atom. The SMILES string of the molecule is C=CC(=O)N1CCN(C2NC(OCC3CCCN3C)NC3C(=O)[C@@]4(CCC32)Cc2c(OC)cccc2N(C)C4)CC1CC#N. The molecule has 11 heteroatoms. The Hall–Kier alpha value is -3.01. The van der Waals surface area contributed by atoms with Crippen molar-refractivity contribution in [2.45, 2.75) is 69.2 Å². The van der Waals surface area contributed by atoms with Gasteiger partial charge in [-0.15, -0.1) is 0 Å². The number of anilines is 1. The summed E-state index contributed by atoms with van der Waals surface area (Å²) in [6.07, 6.45) is 5.54. The Morgan fingerprint density at radius 3 is 2.77 bits per heavy atom. The van der Waals surface area contributed by atoms with Crippen molar-refractivity contribution in [2.24, 2.45) is 11.3 Å². The van der Waals surface area contributed by atoms with Gasteiger partial charge in [-0.1, -0.05) is 12.6 Å². The minimum Gasteiger partial charge on any atom is -0.496 e.